The monoisotopic (exact) mass is 368 g/mol. The summed E-state index contributed by atoms with van der Waals surface area (Å²) in [6, 6.07) is 4.04. The number of carbonyl (C=O) groups is 1. The summed E-state index contributed by atoms with van der Waals surface area (Å²) in [6.07, 6.45) is 1.82. The van der Waals surface area contributed by atoms with Gasteiger partial charge in [-0.2, -0.15) is 0 Å². The van der Waals surface area contributed by atoms with Crippen LogP contribution in [0.5, 0.6) is 0 Å². The highest BCUT2D eigenvalue weighted by atomic mass is 79.9. The van der Waals surface area contributed by atoms with E-state index in [1.165, 1.54) is 0 Å². The van der Waals surface area contributed by atoms with Crippen LogP contribution in [0.3, 0.4) is 0 Å². The third-order valence-corrected chi connectivity index (χ3v) is 4.60. The van der Waals surface area contributed by atoms with Crippen LogP contribution < -0.4 is 4.90 Å². The Labute approximate surface area is 139 Å². The summed E-state index contributed by atoms with van der Waals surface area (Å²) in [5.74, 6) is 1.22. The van der Waals surface area contributed by atoms with Crippen molar-refractivity contribution in [1.29, 1.82) is 0 Å². The minimum Gasteiger partial charge on any atom is -0.378 e. The van der Waals surface area contributed by atoms with Crippen LogP contribution in [0, 0.1) is 0 Å². The van der Waals surface area contributed by atoms with E-state index in [2.05, 4.69) is 30.7 Å². The molecule has 7 heteroatoms. The standard InChI is InChI=1S/C15H21BrN4O2/c16-13-1-2-14(17-11-13)19-5-3-18(4-6-19)12-15(21)20-7-9-22-10-8-20/h1-2,11H,3-10,12H2. The molecule has 0 N–H and O–H groups in total. The van der Waals surface area contributed by atoms with Crippen molar-refractivity contribution in [3.8, 4) is 0 Å². The predicted octanol–water partition coefficient (Wildman–Crippen LogP) is 0.825. The zero-order chi connectivity index (χ0) is 15.4. The van der Waals surface area contributed by atoms with Gasteiger partial charge in [-0.1, -0.05) is 0 Å². The van der Waals surface area contributed by atoms with Crippen molar-refractivity contribution < 1.29 is 9.53 Å². The Morgan fingerprint density at radius 1 is 1.14 bits per heavy atom. The SMILES string of the molecule is O=C(CN1CCN(c2ccc(Br)cn2)CC1)N1CCOCC1. The van der Waals surface area contributed by atoms with Crippen molar-refractivity contribution in [3.05, 3.63) is 22.8 Å². The van der Waals surface area contributed by atoms with Gasteiger partial charge in [-0.05, 0) is 28.1 Å². The smallest absolute Gasteiger partial charge is 0.236 e. The Kier molecular flexibility index (Phi) is 5.28. The van der Waals surface area contributed by atoms with Crippen molar-refractivity contribution in [2.75, 3.05) is 63.9 Å². The van der Waals surface area contributed by atoms with Crippen LogP contribution in [-0.2, 0) is 9.53 Å². The number of carbonyl (C=O) groups excluding carboxylic acids is 1. The number of anilines is 1. The minimum atomic E-state index is 0.221. The lowest BCUT2D eigenvalue weighted by Crippen LogP contribution is -2.51. The Morgan fingerprint density at radius 3 is 2.50 bits per heavy atom. The summed E-state index contributed by atoms with van der Waals surface area (Å²) in [7, 11) is 0. The van der Waals surface area contributed by atoms with Crippen LogP contribution in [0.2, 0.25) is 0 Å². The number of hydrogen-bond acceptors (Lipinski definition) is 5. The second-order valence-corrected chi connectivity index (χ2v) is 6.51. The van der Waals surface area contributed by atoms with E-state index in [0.29, 0.717) is 19.8 Å². The second-order valence-electron chi connectivity index (χ2n) is 5.59. The lowest BCUT2D eigenvalue weighted by Gasteiger charge is -2.36. The minimum absolute atomic E-state index is 0.221. The zero-order valence-electron chi connectivity index (χ0n) is 12.6. The number of halogens is 1. The molecular weight excluding hydrogens is 348 g/mol. The number of aromatic nitrogens is 1. The van der Waals surface area contributed by atoms with E-state index in [4.69, 9.17) is 4.74 Å². The maximum Gasteiger partial charge on any atom is 0.236 e. The zero-order valence-corrected chi connectivity index (χ0v) is 14.2. The van der Waals surface area contributed by atoms with Crippen LogP contribution in [0.4, 0.5) is 5.82 Å². The van der Waals surface area contributed by atoms with Gasteiger partial charge in [-0.15, -0.1) is 0 Å². The van der Waals surface area contributed by atoms with Gasteiger partial charge in [0.15, 0.2) is 0 Å². The molecule has 1 aromatic heterocycles. The molecule has 0 saturated carbocycles. The van der Waals surface area contributed by atoms with E-state index < -0.39 is 0 Å². The number of piperazine rings is 1. The number of morpholine rings is 1. The van der Waals surface area contributed by atoms with Crippen molar-refractivity contribution >= 4 is 27.7 Å². The molecule has 2 aliphatic heterocycles. The first-order chi connectivity index (χ1) is 10.7. The molecule has 0 unspecified atom stereocenters. The van der Waals surface area contributed by atoms with Gasteiger partial charge in [-0.25, -0.2) is 4.98 Å². The van der Waals surface area contributed by atoms with Crippen LogP contribution in [0.1, 0.15) is 0 Å². The number of amides is 1. The van der Waals surface area contributed by atoms with Gasteiger partial charge >= 0.3 is 0 Å². The van der Waals surface area contributed by atoms with Gasteiger partial charge in [0.2, 0.25) is 5.91 Å². The first kappa shape index (κ1) is 15.7. The molecule has 22 heavy (non-hydrogen) atoms. The van der Waals surface area contributed by atoms with Crippen LogP contribution in [-0.4, -0.2) is 79.7 Å². The molecule has 0 spiro atoms. The van der Waals surface area contributed by atoms with Crippen LogP contribution in [0.25, 0.3) is 0 Å². The quantitative estimate of drug-likeness (QED) is 0.790. The molecule has 2 aliphatic rings. The molecule has 2 fully saturated rings. The van der Waals surface area contributed by atoms with E-state index in [1.807, 2.05) is 23.2 Å². The summed E-state index contributed by atoms with van der Waals surface area (Å²) in [5.41, 5.74) is 0. The molecule has 1 aromatic rings. The Morgan fingerprint density at radius 2 is 1.86 bits per heavy atom. The number of rotatable bonds is 3. The van der Waals surface area contributed by atoms with Gasteiger partial charge in [0, 0.05) is 49.9 Å². The molecule has 0 aromatic carbocycles. The fourth-order valence-corrected chi connectivity index (χ4v) is 3.03. The van der Waals surface area contributed by atoms with Crippen LogP contribution >= 0.6 is 15.9 Å². The maximum atomic E-state index is 12.3. The van der Waals surface area contributed by atoms with Gasteiger partial charge in [0.1, 0.15) is 5.82 Å². The summed E-state index contributed by atoms with van der Waals surface area (Å²) in [4.78, 5) is 23.1. The number of nitrogens with zero attached hydrogens (tertiary/aromatic N) is 4. The molecule has 0 atom stereocenters. The molecule has 3 rings (SSSR count). The van der Waals surface area contributed by atoms with Crippen molar-refractivity contribution in [2.24, 2.45) is 0 Å². The fourth-order valence-electron chi connectivity index (χ4n) is 2.79. The predicted molar refractivity (Wildman–Crippen MR) is 88.0 cm³/mol. The third-order valence-electron chi connectivity index (χ3n) is 4.13. The first-order valence-corrected chi connectivity index (χ1v) is 8.46. The van der Waals surface area contributed by atoms with E-state index in [1.54, 1.807) is 0 Å². The molecule has 120 valence electrons. The molecule has 1 amide bonds. The highest BCUT2D eigenvalue weighted by Gasteiger charge is 2.23. The summed E-state index contributed by atoms with van der Waals surface area (Å²) >= 11 is 3.40. The Hall–Kier alpha value is -1.18. The highest BCUT2D eigenvalue weighted by molar-refractivity contribution is 9.10. The summed E-state index contributed by atoms with van der Waals surface area (Å²) < 4.78 is 6.28. The first-order valence-electron chi connectivity index (χ1n) is 7.67. The largest absolute Gasteiger partial charge is 0.378 e. The number of pyridine rings is 1. The lowest BCUT2D eigenvalue weighted by molar-refractivity contribution is -0.136. The Bertz CT molecular complexity index is 497. The molecule has 0 aliphatic carbocycles. The van der Waals surface area contributed by atoms with Gasteiger partial charge < -0.3 is 14.5 Å². The molecule has 3 heterocycles. The molecule has 0 radical (unpaired) electrons. The lowest BCUT2D eigenvalue weighted by atomic mass is 10.3. The van der Waals surface area contributed by atoms with Gasteiger partial charge in [0.25, 0.3) is 0 Å². The second kappa shape index (κ2) is 7.39. The van der Waals surface area contributed by atoms with Gasteiger partial charge in [-0.3, -0.25) is 9.69 Å². The van der Waals surface area contributed by atoms with E-state index in [-0.39, 0.29) is 5.91 Å². The van der Waals surface area contributed by atoms with E-state index in [0.717, 1.165) is 49.6 Å². The van der Waals surface area contributed by atoms with Crippen LogP contribution in [0.15, 0.2) is 22.8 Å². The molecule has 0 bridgehead atoms. The molecule has 2 saturated heterocycles. The normalized spacial score (nSPS) is 20.2. The highest BCUT2D eigenvalue weighted by Crippen LogP contribution is 2.16. The molecule has 6 nitrogen and oxygen atoms in total. The molecular formula is C15H21BrN4O2. The number of ether oxygens (including phenoxy) is 1. The topological polar surface area (TPSA) is 48.9 Å². The average Bonchev–Trinajstić information content (AvgIpc) is 2.57. The van der Waals surface area contributed by atoms with Crippen molar-refractivity contribution in [2.45, 2.75) is 0 Å². The number of hydrogen-bond donors (Lipinski definition) is 0. The van der Waals surface area contributed by atoms with Crippen molar-refractivity contribution in [3.63, 3.8) is 0 Å². The fraction of sp³-hybridized carbons (Fsp3) is 0.600. The summed E-state index contributed by atoms with van der Waals surface area (Å²) in [5, 5.41) is 0. The average molecular weight is 369 g/mol. The van der Waals surface area contributed by atoms with Crippen molar-refractivity contribution in [1.82, 2.24) is 14.8 Å². The third kappa shape index (κ3) is 3.97. The maximum absolute atomic E-state index is 12.3. The van der Waals surface area contributed by atoms with Gasteiger partial charge in [0.05, 0.1) is 19.8 Å². The van der Waals surface area contributed by atoms with E-state index >= 15 is 0 Å². The Balaban J connectivity index is 1.47. The van der Waals surface area contributed by atoms with E-state index in [9.17, 15) is 4.79 Å². The summed E-state index contributed by atoms with van der Waals surface area (Å²) in [6.45, 7) is 6.89.